The van der Waals surface area contributed by atoms with E-state index >= 15 is 0 Å². The Kier molecular flexibility index (Phi) is 4.06. The maximum absolute atomic E-state index is 12.4. The third-order valence-electron chi connectivity index (χ3n) is 4.65. The first kappa shape index (κ1) is 13.6. The number of aryl methyl sites for hydroxylation is 2. The lowest BCUT2D eigenvalue weighted by molar-refractivity contribution is -0.129. The van der Waals surface area contributed by atoms with Gasteiger partial charge in [0.2, 0.25) is 5.91 Å². The summed E-state index contributed by atoms with van der Waals surface area (Å²) in [6.07, 6.45) is 5.37. The van der Waals surface area contributed by atoms with Crippen LogP contribution in [0.15, 0.2) is 18.2 Å². The zero-order valence-electron chi connectivity index (χ0n) is 12.3. The highest BCUT2D eigenvalue weighted by atomic mass is 16.2. The van der Waals surface area contributed by atoms with E-state index < -0.39 is 0 Å². The van der Waals surface area contributed by atoms with Gasteiger partial charge in [0, 0.05) is 13.1 Å². The van der Waals surface area contributed by atoms with Gasteiger partial charge in [0.1, 0.15) is 0 Å². The summed E-state index contributed by atoms with van der Waals surface area (Å²) in [6, 6.07) is 6.61. The second kappa shape index (κ2) is 5.96. The number of nitrogens with zero attached hydrogens (tertiary/aromatic N) is 1. The quantitative estimate of drug-likeness (QED) is 0.906. The van der Waals surface area contributed by atoms with Crippen LogP contribution in [0.1, 0.15) is 29.5 Å². The molecule has 0 saturated carbocycles. The number of nitrogens with one attached hydrogen (secondary N) is 1. The fraction of sp³-hybridized carbons (Fsp3) is 0.588. The van der Waals surface area contributed by atoms with Crippen LogP contribution in [0.4, 0.5) is 0 Å². The molecule has 1 N–H and O–H groups in total. The number of benzene rings is 1. The van der Waals surface area contributed by atoms with E-state index in [-0.39, 0.29) is 0 Å². The molecular formula is C17H24N2O. The summed E-state index contributed by atoms with van der Waals surface area (Å²) < 4.78 is 0. The molecule has 3 rings (SSSR count). The number of hydrogen-bond acceptors (Lipinski definition) is 2. The van der Waals surface area contributed by atoms with Crippen molar-refractivity contribution in [2.45, 2.75) is 32.1 Å². The van der Waals surface area contributed by atoms with Crippen LogP contribution < -0.4 is 5.32 Å². The molecule has 1 aliphatic carbocycles. The van der Waals surface area contributed by atoms with Crippen molar-refractivity contribution in [2.75, 3.05) is 26.7 Å². The van der Waals surface area contributed by atoms with E-state index in [1.165, 1.54) is 36.0 Å². The van der Waals surface area contributed by atoms with Crippen molar-refractivity contribution in [3.05, 3.63) is 34.9 Å². The molecule has 1 unspecified atom stereocenters. The third kappa shape index (κ3) is 2.88. The summed E-state index contributed by atoms with van der Waals surface area (Å²) >= 11 is 0. The molecule has 20 heavy (non-hydrogen) atoms. The van der Waals surface area contributed by atoms with Gasteiger partial charge in [-0.2, -0.15) is 0 Å². The number of carbonyl (C=O) groups is 1. The second-order valence-electron chi connectivity index (χ2n) is 6.19. The molecule has 2 aliphatic rings. The van der Waals surface area contributed by atoms with Crippen LogP contribution >= 0.6 is 0 Å². The topological polar surface area (TPSA) is 32.3 Å². The van der Waals surface area contributed by atoms with Crippen LogP contribution in [-0.2, 0) is 24.1 Å². The molecular weight excluding hydrogens is 248 g/mol. The van der Waals surface area contributed by atoms with Crippen LogP contribution in [0, 0.1) is 5.92 Å². The van der Waals surface area contributed by atoms with Crippen molar-refractivity contribution in [1.82, 2.24) is 10.2 Å². The lowest BCUT2D eigenvalue weighted by Gasteiger charge is -2.17. The van der Waals surface area contributed by atoms with Crippen LogP contribution in [0.5, 0.6) is 0 Å². The van der Waals surface area contributed by atoms with Gasteiger partial charge in [0.15, 0.2) is 0 Å². The fourth-order valence-electron chi connectivity index (χ4n) is 3.54. The largest absolute Gasteiger partial charge is 0.342 e. The van der Waals surface area contributed by atoms with E-state index in [2.05, 4.69) is 23.5 Å². The minimum Gasteiger partial charge on any atom is -0.342 e. The van der Waals surface area contributed by atoms with Crippen molar-refractivity contribution in [2.24, 2.45) is 5.92 Å². The average Bonchev–Trinajstić information content (AvgIpc) is 3.07. The first-order valence-electron chi connectivity index (χ1n) is 7.79. The van der Waals surface area contributed by atoms with E-state index in [0.717, 1.165) is 26.1 Å². The minimum atomic E-state index is 0.293. The van der Waals surface area contributed by atoms with Gasteiger partial charge >= 0.3 is 0 Å². The maximum Gasteiger partial charge on any atom is 0.226 e. The van der Waals surface area contributed by atoms with Crippen molar-refractivity contribution in [1.29, 1.82) is 0 Å². The number of likely N-dealkylation sites (tertiary alicyclic amines) is 1. The van der Waals surface area contributed by atoms with Crippen molar-refractivity contribution >= 4 is 5.91 Å². The van der Waals surface area contributed by atoms with Gasteiger partial charge in [-0.25, -0.2) is 0 Å². The Labute approximate surface area is 121 Å². The summed E-state index contributed by atoms with van der Waals surface area (Å²) in [5, 5.41) is 3.21. The SMILES string of the molecule is CNCC1CCN(C(=O)Cc2ccc3c(c2)CCC3)C1. The zero-order valence-corrected chi connectivity index (χ0v) is 12.3. The van der Waals surface area contributed by atoms with E-state index in [1.807, 2.05) is 11.9 Å². The number of rotatable bonds is 4. The molecule has 1 atom stereocenters. The van der Waals surface area contributed by atoms with Crippen molar-refractivity contribution < 1.29 is 4.79 Å². The van der Waals surface area contributed by atoms with Gasteiger partial charge in [0.25, 0.3) is 0 Å². The predicted octanol–water partition coefficient (Wildman–Crippen LogP) is 1.79. The van der Waals surface area contributed by atoms with E-state index in [1.54, 1.807) is 0 Å². The zero-order chi connectivity index (χ0) is 13.9. The number of hydrogen-bond donors (Lipinski definition) is 1. The summed E-state index contributed by atoms with van der Waals surface area (Å²) in [6.45, 7) is 2.86. The van der Waals surface area contributed by atoms with Gasteiger partial charge in [-0.3, -0.25) is 4.79 Å². The molecule has 0 spiro atoms. The standard InChI is InChI=1S/C17H24N2O/c1-18-11-14-7-8-19(12-14)17(20)10-13-5-6-15-3-2-4-16(15)9-13/h5-6,9,14,18H,2-4,7-8,10-12H2,1H3. The maximum atomic E-state index is 12.4. The van der Waals surface area contributed by atoms with Gasteiger partial charge < -0.3 is 10.2 Å². The van der Waals surface area contributed by atoms with E-state index in [0.29, 0.717) is 18.2 Å². The number of amides is 1. The van der Waals surface area contributed by atoms with Crippen LogP contribution in [0.25, 0.3) is 0 Å². The molecule has 3 heteroatoms. The summed E-state index contributed by atoms with van der Waals surface area (Å²) in [4.78, 5) is 14.4. The monoisotopic (exact) mass is 272 g/mol. The van der Waals surface area contributed by atoms with Crippen LogP contribution in [0.3, 0.4) is 0 Å². The predicted molar refractivity (Wildman–Crippen MR) is 80.8 cm³/mol. The Morgan fingerprint density at radius 1 is 1.35 bits per heavy atom. The number of carbonyl (C=O) groups excluding carboxylic acids is 1. The summed E-state index contributed by atoms with van der Waals surface area (Å²) in [5.74, 6) is 0.922. The molecule has 1 amide bonds. The highest BCUT2D eigenvalue weighted by Crippen LogP contribution is 2.23. The first-order valence-corrected chi connectivity index (χ1v) is 7.79. The third-order valence-corrected chi connectivity index (χ3v) is 4.65. The molecule has 0 bridgehead atoms. The second-order valence-corrected chi connectivity index (χ2v) is 6.19. The molecule has 1 aromatic carbocycles. The number of fused-ring (bicyclic) bond motifs is 1. The minimum absolute atomic E-state index is 0.293. The Bertz CT molecular complexity index is 498. The Morgan fingerprint density at radius 3 is 3.05 bits per heavy atom. The summed E-state index contributed by atoms with van der Waals surface area (Å²) in [7, 11) is 1.98. The first-order chi connectivity index (χ1) is 9.76. The summed E-state index contributed by atoms with van der Waals surface area (Å²) in [5.41, 5.74) is 4.13. The molecule has 0 aromatic heterocycles. The van der Waals surface area contributed by atoms with E-state index in [4.69, 9.17) is 0 Å². The molecule has 1 aliphatic heterocycles. The normalized spacial score (nSPS) is 21.2. The van der Waals surface area contributed by atoms with Gasteiger partial charge in [0.05, 0.1) is 6.42 Å². The Morgan fingerprint density at radius 2 is 2.20 bits per heavy atom. The van der Waals surface area contributed by atoms with Crippen molar-refractivity contribution in [3.63, 3.8) is 0 Å². The molecule has 1 heterocycles. The van der Waals surface area contributed by atoms with E-state index in [9.17, 15) is 4.79 Å². The lowest BCUT2D eigenvalue weighted by Crippen LogP contribution is -2.31. The van der Waals surface area contributed by atoms with Crippen LogP contribution in [-0.4, -0.2) is 37.5 Å². The van der Waals surface area contributed by atoms with Crippen LogP contribution in [0.2, 0.25) is 0 Å². The highest BCUT2D eigenvalue weighted by Gasteiger charge is 2.25. The van der Waals surface area contributed by atoms with Gasteiger partial charge in [-0.1, -0.05) is 18.2 Å². The molecule has 1 aromatic rings. The van der Waals surface area contributed by atoms with Gasteiger partial charge in [-0.15, -0.1) is 0 Å². The fourth-order valence-corrected chi connectivity index (χ4v) is 3.54. The smallest absolute Gasteiger partial charge is 0.226 e. The molecule has 108 valence electrons. The molecule has 3 nitrogen and oxygen atoms in total. The molecule has 1 saturated heterocycles. The van der Waals surface area contributed by atoms with Gasteiger partial charge in [-0.05, 0) is 61.9 Å². The molecule has 0 radical (unpaired) electrons. The highest BCUT2D eigenvalue weighted by molar-refractivity contribution is 5.79. The molecule has 1 fully saturated rings. The van der Waals surface area contributed by atoms with Crippen molar-refractivity contribution in [3.8, 4) is 0 Å². The Hall–Kier alpha value is -1.35. The average molecular weight is 272 g/mol. The Balaban J connectivity index is 1.59. The lowest BCUT2D eigenvalue weighted by atomic mass is 10.0.